The van der Waals surface area contributed by atoms with E-state index in [1.54, 1.807) is 7.11 Å². The summed E-state index contributed by atoms with van der Waals surface area (Å²) in [7, 11) is 1.66. The van der Waals surface area contributed by atoms with Crippen LogP contribution in [0, 0.1) is 6.92 Å². The molecule has 0 spiro atoms. The summed E-state index contributed by atoms with van der Waals surface area (Å²) in [5, 5.41) is 3.66. The fourth-order valence-electron chi connectivity index (χ4n) is 4.42. The van der Waals surface area contributed by atoms with E-state index in [1.807, 2.05) is 29.2 Å². The molecule has 2 aromatic carbocycles. The van der Waals surface area contributed by atoms with Crippen LogP contribution >= 0.6 is 0 Å². The number of hydrogen-bond donors (Lipinski definition) is 1. The van der Waals surface area contributed by atoms with Crippen LogP contribution in [0.1, 0.15) is 24.8 Å². The number of nitrogens with one attached hydrogen (secondary N) is 1. The molecule has 0 radical (unpaired) electrons. The molecule has 1 unspecified atom stereocenters. The first-order valence-corrected chi connectivity index (χ1v) is 10.2. The van der Waals surface area contributed by atoms with Crippen molar-refractivity contribution in [2.75, 3.05) is 37.0 Å². The van der Waals surface area contributed by atoms with Crippen LogP contribution < -0.4 is 15.0 Å². The van der Waals surface area contributed by atoms with Crippen LogP contribution in [-0.4, -0.2) is 49.6 Å². The number of carbonyl (C=O) groups excluding carboxylic acids is 1. The van der Waals surface area contributed by atoms with E-state index in [4.69, 9.17) is 4.74 Å². The van der Waals surface area contributed by atoms with Gasteiger partial charge in [-0.05, 0) is 56.0 Å². The molecule has 4 rings (SSSR count). The Morgan fingerprint density at radius 3 is 2.54 bits per heavy atom. The van der Waals surface area contributed by atoms with Gasteiger partial charge in [0.1, 0.15) is 5.75 Å². The lowest BCUT2D eigenvalue weighted by atomic mass is 10.0. The topological polar surface area (TPSA) is 44.8 Å². The van der Waals surface area contributed by atoms with Crippen molar-refractivity contribution in [1.29, 1.82) is 0 Å². The first kappa shape index (κ1) is 18.8. The van der Waals surface area contributed by atoms with Crippen LogP contribution in [0.4, 0.5) is 11.4 Å². The molecular formula is C23H29N3O2. The van der Waals surface area contributed by atoms with Crippen LogP contribution in [0.5, 0.6) is 5.75 Å². The van der Waals surface area contributed by atoms with Gasteiger partial charge in [-0.2, -0.15) is 0 Å². The number of anilines is 2. The molecule has 0 aromatic heterocycles. The zero-order valence-electron chi connectivity index (χ0n) is 16.7. The van der Waals surface area contributed by atoms with E-state index in [2.05, 4.69) is 41.4 Å². The first-order valence-electron chi connectivity index (χ1n) is 10.2. The number of aryl methyl sites for hydroxylation is 1. The highest BCUT2D eigenvalue weighted by molar-refractivity contribution is 6.00. The van der Waals surface area contributed by atoms with Crippen molar-refractivity contribution in [2.24, 2.45) is 0 Å². The highest BCUT2D eigenvalue weighted by Gasteiger charge is 2.38. The lowest BCUT2D eigenvalue weighted by molar-refractivity contribution is -0.122. The molecule has 148 valence electrons. The van der Waals surface area contributed by atoms with Gasteiger partial charge in [-0.1, -0.05) is 24.3 Å². The Bertz CT molecular complexity index is 830. The molecule has 2 saturated heterocycles. The zero-order chi connectivity index (χ0) is 19.5. The molecule has 5 nitrogen and oxygen atoms in total. The van der Waals surface area contributed by atoms with E-state index in [-0.39, 0.29) is 11.9 Å². The minimum atomic E-state index is -0.00941. The van der Waals surface area contributed by atoms with Crippen LogP contribution in [0.3, 0.4) is 0 Å². The number of ether oxygens (including phenoxy) is 1. The third kappa shape index (κ3) is 3.85. The van der Waals surface area contributed by atoms with E-state index in [9.17, 15) is 4.79 Å². The van der Waals surface area contributed by atoms with Crippen molar-refractivity contribution < 1.29 is 9.53 Å². The molecule has 1 atom stereocenters. The van der Waals surface area contributed by atoms with Gasteiger partial charge in [-0.25, -0.2) is 0 Å². The fourth-order valence-corrected chi connectivity index (χ4v) is 4.42. The summed E-state index contributed by atoms with van der Waals surface area (Å²) in [6, 6.07) is 16.8. The summed E-state index contributed by atoms with van der Waals surface area (Å²) in [4.78, 5) is 17.4. The molecule has 1 amide bonds. The molecule has 2 aromatic rings. The molecular weight excluding hydrogens is 350 g/mol. The number of rotatable bonds is 5. The predicted molar refractivity (Wildman–Crippen MR) is 113 cm³/mol. The Balaban J connectivity index is 1.36. The molecule has 2 fully saturated rings. The quantitative estimate of drug-likeness (QED) is 0.861. The lowest BCUT2D eigenvalue weighted by Crippen LogP contribution is -2.48. The lowest BCUT2D eigenvalue weighted by Gasteiger charge is -2.35. The molecule has 1 N–H and O–H groups in total. The molecule has 2 heterocycles. The van der Waals surface area contributed by atoms with Crippen LogP contribution in [0.25, 0.3) is 0 Å². The van der Waals surface area contributed by atoms with Crippen LogP contribution in [-0.2, 0) is 4.79 Å². The fraction of sp³-hybridized carbons (Fsp3) is 0.435. The third-order valence-corrected chi connectivity index (χ3v) is 5.91. The molecule has 2 aliphatic rings. The van der Waals surface area contributed by atoms with Crippen molar-refractivity contribution in [2.45, 2.75) is 38.3 Å². The summed E-state index contributed by atoms with van der Waals surface area (Å²) in [6.45, 7) is 4.79. The Morgan fingerprint density at radius 1 is 1.00 bits per heavy atom. The highest BCUT2D eigenvalue weighted by atomic mass is 16.5. The zero-order valence-corrected chi connectivity index (χ0v) is 16.7. The molecule has 0 aliphatic carbocycles. The van der Waals surface area contributed by atoms with Crippen LogP contribution in [0.2, 0.25) is 0 Å². The largest absolute Gasteiger partial charge is 0.495 e. The maximum Gasteiger partial charge on any atom is 0.244 e. The monoisotopic (exact) mass is 379 g/mol. The van der Waals surface area contributed by atoms with E-state index in [0.29, 0.717) is 6.04 Å². The van der Waals surface area contributed by atoms with Crippen molar-refractivity contribution in [3.8, 4) is 5.75 Å². The van der Waals surface area contributed by atoms with Gasteiger partial charge in [-0.15, -0.1) is 0 Å². The summed E-state index contributed by atoms with van der Waals surface area (Å²) in [5.74, 6) is 0.965. The Kier molecular flexibility index (Phi) is 5.53. The minimum absolute atomic E-state index is 0.00941. The van der Waals surface area contributed by atoms with E-state index in [0.717, 1.165) is 50.3 Å². The summed E-state index contributed by atoms with van der Waals surface area (Å²) in [6.07, 6.45) is 3.01. The van der Waals surface area contributed by atoms with Gasteiger partial charge in [0.05, 0.1) is 18.8 Å². The number of likely N-dealkylation sites (tertiary alicyclic amines) is 1. The standard InChI is InChI=1S/C23H29N3O2/c1-17-6-5-7-19(16-17)24-18-10-13-25(14-11-18)21-12-15-26(23(21)27)20-8-3-4-9-22(20)28-2/h3-9,16,18,21,24H,10-15H2,1-2H3. The maximum atomic E-state index is 13.1. The number of piperidine rings is 1. The number of benzene rings is 2. The molecule has 0 bridgehead atoms. The predicted octanol–water partition coefficient (Wildman–Crippen LogP) is 3.69. The Hall–Kier alpha value is -2.53. The number of methoxy groups -OCH3 is 1. The third-order valence-electron chi connectivity index (χ3n) is 5.91. The first-order chi connectivity index (χ1) is 13.7. The highest BCUT2D eigenvalue weighted by Crippen LogP contribution is 2.33. The van der Waals surface area contributed by atoms with Gasteiger partial charge < -0.3 is 15.0 Å². The van der Waals surface area contributed by atoms with E-state index >= 15 is 0 Å². The summed E-state index contributed by atoms with van der Waals surface area (Å²) < 4.78 is 5.45. The van der Waals surface area contributed by atoms with Crippen molar-refractivity contribution >= 4 is 17.3 Å². The summed E-state index contributed by atoms with van der Waals surface area (Å²) in [5.41, 5.74) is 3.35. The maximum absolute atomic E-state index is 13.1. The number of nitrogens with zero attached hydrogens (tertiary/aromatic N) is 2. The molecule has 5 heteroatoms. The number of amides is 1. The van der Waals surface area contributed by atoms with Crippen LogP contribution in [0.15, 0.2) is 48.5 Å². The number of para-hydroxylation sites is 2. The van der Waals surface area contributed by atoms with Crippen molar-refractivity contribution in [3.63, 3.8) is 0 Å². The molecule has 0 saturated carbocycles. The second-order valence-electron chi connectivity index (χ2n) is 7.79. The van der Waals surface area contributed by atoms with Gasteiger partial charge in [0, 0.05) is 31.4 Å². The average molecular weight is 380 g/mol. The Labute approximate surface area is 167 Å². The summed E-state index contributed by atoms with van der Waals surface area (Å²) >= 11 is 0. The van der Waals surface area contributed by atoms with Gasteiger partial charge in [-0.3, -0.25) is 9.69 Å². The molecule has 2 aliphatic heterocycles. The van der Waals surface area contributed by atoms with Gasteiger partial charge >= 0.3 is 0 Å². The minimum Gasteiger partial charge on any atom is -0.495 e. The second-order valence-corrected chi connectivity index (χ2v) is 7.79. The van der Waals surface area contributed by atoms with Gasteiger partial charge in [0.2, 0.25) is 5.91 Å². The second kappa shape index (κ2) is 8.23. The average Bonchev–Trinajstić information content (AvgIpc) is 3.10. The Morgan fingerprint density at radius 2 is 1.79 bits per heavy atom. The molecule has 28 heavy (non-hydrogen) atoms. The smallest absolute Gasteiger partial charge is 0.244 e. The number of hydrogen-bond acceptors (Lipinski definition) is 4. The van der Waals surface area contributed by atoms with Crippen molar-refractivity contribution in [1.82, 2.24) is 4.90 Å². The number of carbonyl (C=O) groups is 1. The normalized spacial score (nSPS) is 21.1. The van der Waals surface area contributed by atoms with E-state index < -0.39 is 0 Å². The van der Waals surface area contributed by atoms with Crippen molar-refractivity contribution in [3.05, 3.63) is 54.1 Å². The SMILES string of the molecule is COc1ccccc1N1CCC(N2CCC(Nc3cccc(C)c3)CC2)C1=O. The van der Waals surface area contributed by atoms with Gasteiger partial charge in [0.25, 0.3) is 0 Å². The van der Waals surface area contributed by atoms with Gasteiger partial charge in [0.15, 0.2) is 0 Å². The van der Waals surface area contributed by atoms with E-state index in [1.165, 1.54) is 11.3 Å².